The van der Waals surface area contributed by atoms with E-state index in [0.717, 1.165) is 27.4 Å². The van der Waals surface area contributed by atoms with Gasteiger partial charge in [-0.15, -0.1) is 0 Å². The Morgan fingerprint density at radius 1 is 0.960 bits per heavy atom. The van der Waals surface area contributed by atoms with Gasteiger partial charge in [0.2, 0.25) is 0 Å². The van der Waals surface area contributed by atoms with Crippen LogP contribution in [0.15, 0.2) is 72.3 Å². The van der Waals surface area contributed by atoms with Crippen LogP contribution in [0.5, 0.6) is 0 Å². The molecular formula is C20H22NO2PS. The summed E-state index contributed by atoms with van der Waals surface area (Å²) in [6.07, 6.45) is 0.719. The van der Waals surface area contributed by atoms with Gasteiger partial charge in [-0.2, -0.15) is 0 Å². The summed E-state index contributed by atoms with van der Waals surface area (Å²) in [4.78, 5) is 1.95. The van der Waals surface area contributed by atoms with Gasteiger partial charge >= 0.3 is 0 Å². The molecule has 0 aliphatic carbocycles. The number of aliphatic hydroxyl groups is 1. The average Bonchev–Trinajstić information content (AvgIpc) is 2.67. The molecule has 0 spiro atoms. The highest BCUT2D eigenvalue weighted by molar-refractivity contribution is 8.17. The number of thioether (sulfide) groups is 1. The van der Waals surface area contributed by atoms with Crippen LogP contribution in [0.3, 0.4) is 0 Å². The number of aliphatic hydroxyl groups excluding tert-OH is 1. The fourth-order valence-electron chi connectivity index (χ4n) is 2.65. The molecule has 0 saturated heterocycles. The molecule has 0 bridgehead atoms. The second-order valence-electron chi connectivity index (χ2n) is 5.95. The van der Waals surface area contributed by atoms with Gasteiger partial charge in [0, 0.05) is 27.5 Å². The van der Waals surface area contributed by atoms with Gasteiger partial charge in [0.1, 0.15) is 0 Å². The van der Waals surface area contributed by atoms with Crippen molar-refractivity contribution >= 4 is 28.9 Å². The topological polar surface area (TPSA) is 49.3 Å². The molecule has 3 rings (SSSR count). The van der Waals surface area contributed by atoms with Gasteiger partial charge in [-0.05, 0) is 17.5 Å². The highest BCUT2D eigenvalue weighted by atomic mass is 32.2. The summed E-state index contributed by atoms with van der Waals surface area (Å²) in [6.45, 7) is 1.94. The maximum absolute atomic E-state index is 13.5. The molecule has 0 aromatic heterocycles. The molecule has 0 saturated carbocycles. The first kappa shape index (κ1) is 18.2. The van der Waals surface area contributed by atoms with Crippen molar-refractivity contribution in [3.05, 3.63) is 83.4 Å². The molecule has 1 heterocycles. The minimum atomic E-state index is -2.90. The van der Waals surface area contributed by atoms with Crippen molar-refractivity contribution in [2.45, 2.75) is 19.4 Å². The smallest absolute Gasteiger partial charge is 0.193 e. The van der Waals surface area contributed by atoms with E-state index in [9.17, 15) is 9.67 Å². The van der Waals surface area contributed by atoms with E-state index in [0.29, 0.717) is 0 Å². The lowest BCUT2D eigenvalue weighted by Gasteiger charge is -2.25. The number of rotatable bonds is 6. The van der Waals surface area contributed by atoms with Crippen molar-refractivity contribution in [2.75, 3.05) is 6.61 Å². The minimum Gasteiger partial charge on any atom is -0.395 e. The van der Waals surface area contributed by atoms with Crippen molar-refractivity contribution in [3.63, 3.8) is 0 Å². The maximum Gasteiger partial charge on any atom is 0.193 e. The summed E-state index contributed by atoms with van der Waals surface area (Å²) in [7, 11) is -2.90. The third kappa shape index (κ3) is 4.53. The first-order valence-corrected chi connectivity index (χ1v) is 11.0. The van der Waals surface area contributed by atoms with E-state index in [1.165, 1.54) is 0 Å². The predicted octanol–water partition coefficient (Wildman–Crippen LogP) is 5.37. The molecule has 1 aliphatic heterocycles. The van der Waals surface area contributed by atoms with Crippen molar-refractivity contribution < 1.29 is 9.67 Å². The van der Waals surface area contributed by atoms with Gasteiger partial charge in [-0.1, -0.05) is 79.3 Å². The lowest BCUT2D eigenvalue weighted by molar-refractivity contribution is 0.254. The highest BCUT2D eigenvalue weighted by Gasteiger charge is 2.27. The maximum atomic E-state index is 13.5. The molecule has 2 aromatic carbocycles. The molecule has 2 aromatic rings. The summed E-state index contributed by atoms with van der Waals surface area (Å²) >= 11 is 1.63. The molecule has 130 valence electrons. The van der Waals surface area contributed by atoms with Gasteiger partial charge in [-0.3, -0.25) is 9.65 Å². The molecule has 0 radical (unpaired) electrons. The summed E-state index contributed by atoms with van der Waals surface area (Å²) in [5, 5.41) is 12.7. The SMILES string of the molecule is CC[C@@H](CO)NP1(=O)C=C(c2ccccc2)SC(c2ccccc2)=C1. The van der Waals surface area contributed by atoms with Crippen molar-refractivity contribution in [3.8, 4) is 0 Å². The molecular weight excluding hydrogens is 349 g/mol. The third-order valence-electron chi connectivity index (χ3n) is 4.05. The van der Waals surface area contributed by atoms with Gasteiger partial charge in [-0.25, -0.2) is 0 Å². The van der Waals surface area contributed by atoms with Crippen LogP contribution in [0.25, 0.3) is 9.81 Å². The zero-order chi connectivity index (χ0) is 17.7. The standard InChI is InChI=1S/C20H22NO2PS/c1-2-18(13-22)21-24(23)14-19(16-9-5-3-6-10-16)25-20(15-24)17-11-7-4-8-12-17/h3-12,14-15,18,22H,2,13H2,1H3,(H,21,23)/t18-/m0/s1. The Morgan fingerprint density at radius 3 is 1.84 bits per heavy atom. The summed E-state index contributed by atoms with van der Waals surface area (Å²) in [6, 6.07) is 19.8. The van der Waals surface area contributed by atoms with Crippen LogP contribution in [0.4, 0.5) is 0 Å². The second-order valence-corrected chi connectivity index (χ2v) is 9.22. The summed E-state index contributed by atoms with van der Waals surface area (Å²) < 4.78 is 13.5. The Balaban J connectivity index is 2.02. The van der Waals surface area contributed by atoms with Crippen LogP contribution in [-0.4, -0.2) is 17.8 Å². The van der Waals surface area contributed by atoms with Crippen LogP contribution in [-0.2, 0) is 4.57 Å². The lowest BCUT2D eigenvalue weighted by atomic mass is 10.2. The fourth-order valence-corrected chi connectivity index (χ4v) is 6.81. The van der Waals surface area contributed by atoms with Crippen LogP contribution in [0, 0.1) is 0 Å². The normalized spacial score (nSPS) is 17.5. The Morgan fingerprint density at radius 2 is 1.44 bits per heavy atom. The van der Waals surface area contributed by atoms with Gasteiger partial charge in [0.05, 0.1) is 6.61 Å². The Bertz CT molecular complexity index is 755. The molecule has 1 atom stereocenters. The molecule has 25 heavy (non-hydrogen) atoms. The Labute approximate surface area is 153 Å². The van der Waals surface area contributed by atoms with Crippen molar-refractivity contribution in [1.82, 2.24) is 5.09 Å². The van der Waals surface area contributed by atoms with Crippen molar-refractivity contribution in [1.29, 1.82) is 0 Å². The van der Waals surface area contributed by atoms with E-state index in [1.807, 2.05) is 79.2 Å². The highest BCUT2D eigenvalue weighted by Crippen LogP contribution is 2.58. The van der Waals surface area contributed by atoms with Crippen molar-refractivity contribution in [2.24, 2.45) is 0 Å². The first-order valence-electron chi connectivity index (χ1n) is 8.36. The molecule has 0 fully saturated rings. The van der Waals surface area contributed by atoms with E-state index in [2.05, 4.69) is 5.09 Å². The lowest BCUT2D eigenvalue weighted by Crippen LogP contribution is -2.28. The predicted molar refractivity (Wildman–Crippen MR) is 108 cm³/mol. The number of hydrogen-bond acceptors (Lipinski definition) is 3. The molecule has 0 unspecified atom stereocenters. The number of benzene rings is 2. The molecule has 5 heteroatoms. The van der Waals surface area contributed by atoms with Gasteiger partial charge in [0.25, 0.3) is 0 Å². The Hall–Kier alpha value is -1.58. The van der Waals surface area contributed by atoms with Crippen LogP contribution < -0.4 is 5.09 Å². The van der Waals surface area contributed by atoms with E-state index in [-0.39, 0.29) is 12.6 Å². The van der Waals surface area contributed by atoms with Crippen LogP contribution in [0.2, 0.25) is 0 Å². The molecule has 1 aliphatic rings. The molecule has 0 amide bonds. The first-order chi connectivity index (χ1) is 12.1. The van der Waals surface area contributed by atoms with Gasteiger partial charge in [0.15, 0.2) is 7.29 Å². The quantitative estimate of drug-likeness (QED) is 0.670. The molecule has 2 N–H and O–H groups in total. The number of hydrogen-bond donors (Lipinski definition) is 2. The van der Waals surface area contributed by atoms with E-state index >= 15 is 0 Å². The second kappa shape index (κ2) is 8.20. The fraction of sp³-hybridized carbons (Fsp3) is 0.200. The van der Waals surface area contributed by atoms with E-state index in [4.69, 9.17) is 0 Å². The Kier molecular flexibility index (Phi) is 5.98. The third-order valence-corrected chi connectivity index (χ3v) is 7.60. The van der Waals surface area contributed by atoms with E-state index in [1.54, 1.807) is 11.8 Å². The summed E-state index contributed by atoms with van der Waals surface area (Å²) in [5.74, 6) is 3.66. The number of nitrogens with one attached hydrogen (secondary N) is 1. The molecule has 3 nitrogen and oxygen atoms in total. The van der Waals surface area contributed by atoms with Gasteiger partial charge < -0.3 is 5.11 Å². The zero-order valence-electron chi connectivity index (χ0n) is 14.1. The van der Waals surface area contributed by atoms with Crippen LogP contribution in [0.1, 0.15) is 24.5 Å². The largest absolute Gasteiger partial charge is 0.395 e. The monoisotopic (exact) mass is 371 g/mol. The average molecular weight is 371 g/mol. The minimum absolute atomic E-state index is 0.0311. The summed E-state index contributed by atoms with van der Waals surface area (Å²) in [5.41, 5.74) is 2.10. The van der Waals surface area contributed by atoms with E-state index < -0.39 is 7.29 Å². The zero-order valence-corrected chi connectivity index (χ0v) is 15.8. The van der Waals surface area contributed by atoms with Crippen LogP contribution >= 0.6 is 19.1 Å².